The van der Waals surface area contributed by atoms with Gasteiger partial charge in [0.2, 0.25) is 5.91 Å². The molecule has 0 aromatic carbocycles. The number of nitrogens with one attached hydrogen (secondary N) is 1. The van der Waals surface area contributed by atoms with Crippen LogP contribution in [0.15, 0.2) is 18.6 Å². The second-order valence-corrected chi connectivity index (χ2v) is 5.37. The summed E-state index contributed by atoms with van der Waals surface area (Å²) in [6, 6.07) is 1.61. The van der Waals surface area contributed by atoms with E-state index < -0.39 is 0 Å². The third-order valence-electron chi connectivity index (χ3n) is 3.63. The molecule has 18 heavy (non-hydrogen) atoms. The van der Waals surface area contributed by atoms with Gasteiger partial charge in [-0.25, -0.2) is 9.97 Å². The van der Waals surface area contributed by atoms with Gasteiger partial charge in [-0.05, 0) is 31.4 Å². The summed E-state index contributed by atoms with van der Waals surface area (Å²) < 4.78 is 0. The molecule has 1 fully saturated rings. The fraction of sp³-hybridized carbons (Fsp3) is 0.615. The van der Waals surface area contributed by atoms with Crippen LogP contribution in [-0.4, -0.2) is 35.5 Å². The molecule has 2 rings (SSSR count). The van der Waals surface area contributed by atoms with Gasteiger partial charge in [0, 0.05) is 12.7 Å². The molecule has 1 N–H and O–H groups in total. The summed E-state index contributed by atoms with van der Waals surface area (Å²) in [5.41, 5.74) is -0.0341. The zero-order valence-electron chi connectivity index (χ0n) is 11.2. The maximum Gasteiger partial charge on any atom is 0.245 e. The van der Waals surface area contributed by atoms with E-state index in [1.165, 1.54) is 6.33 Å². The molecule has 0 saturated carbocycles. The number of nitrogens with zero attached hydrogens (tertiary/aromatic N) is 3. The van der Waals surface area contributed by atoms with Gasteiger partial charge in [0.05, 0.1) is 6.04 Å². The largest absolute Gasteiger partial charge is 0.308 e. The molecule has 1 unspecified atom stereocenters. The highest BCUT2D eigenvalue weighted by Crippen LogP contribution is 2.32. The second kappa shape index (κ2) is 5.02. The summed E-state index contributed by atoms with van der Waals surface area (Å²) in [5.74, 6) is 0.784. The summed E-state index contributed by atoms with van der Waals surface area (Å²) in [5, 5.41) is 3.15. The first kappa shape index (κ1) is 13.0. The van der Waals surface area contributed by atoms with E-state index in [1.807, 2.05) is 7.05 Å². The molecule has 5 heteroatoms. The molecule has 98 valence electrons. The van der Waals surface area contributed by atoms with Crippen LogP contribution in [0.4, 0.5) is 5.82 Å². The van der Waals surface area contributed by atoms with Crippen molar-refractivity contribution in [3.05, 3.63) is 18.6 Å². The monoisotopic (exact) mass is 248 g/mol. The van der Waals surface area contributed by atoms with Crippen LogP contribution in [-0.2, 0) is 4.79 Å². The lowest BCUT2D eigenvalue weighted by Gasteiger charge is -2.32. The predicted molar refractivity (Wildman–Crippen MR) is 70.2 cm³/mol. The lowest BCUT2D eigenvalue weighted by atomic mass is 9.80. The van der Waals surface area contributed by atoms with Crippen LogP contribution in [0.3, 0.4) is 0 Å². The zero-order valence-corrected chi connectivity index (χ0v) is 11.2. The lowest BCUT2D eigenvalue weighted by molar-refractivity contribution is -0.122. The Morgan fingerprint density at radius 3 is 2.89 bits per heavy atom. The fourth-order valence-electron chi connectivity index (χ4n) is 2.62. The Kier molecular flexibility index (Phi) is 3.61. The highest BCUT2D eigenvalue weighted by Gasteiger charge is 2.39. The predicted octanol–water partition coefficient (Wildman–Crippen LogP) is 1.22. The maximum atomic E-state index is 12.6. The van der Waals surface area contributed by atoms with Gasteiger partial charge in [-0.3, -0.25) is 9.69 Å². The minimum absolute atomic E-state index is 0.0341. The average Bonchev–Trinajstić information content (AvgIpc) is 2.46. The summed E-state index contributed by atoms with van der Waals surface area (Å²) in [6.45, 7) is 4.99. The number of carbonyl (C=O) groups is 1. The van der Waals surface area contributed by atoms with Gasteiger partial charge in [0.15, 0.2) is 0 Å². The Labute approximate surface area is 108 Å². The van der Waals surface area contributed by atoms with Crippen LogP contribution in [0.2, 0.25) is 0 Å². The first-order valence-corrected chi connectivity index (χ1v) is 6.31. The Morgan fingerprint density at radius 2 is 2.28 bits per heavy atom. The number of anilines is 1. The zero-order chi connectivity index (χ0) is 13.2. The van der Waals surface area contributed by atoms with Gasteiger partial charge in [-0.1, -0.05) is 13.8 Å². The van der Waals surface area contributed by atoms with Gasteiger partial charge in [0.1, 0.15) is 12.1 Å². The highest BCUT2D eigenvalue weighted by atomic mass is 16.2. The standard InChI is InChI=1S/C13H20N4O/c1-13(2)6-4-8-17(12(18)11(13)14-3)10-5-7-15-9-16-10/h5,7,9,11,14H,4,6,8H2,1-3H3. The van der Waals surface area contributed by atoms with Crippen molar-refractivity contribution >= 4 is 11.7 Å². The molecule has 1 aliphatic heterocycles. The Morgan fingerprint density at radius 1 is 1.50 bits per heavy atom. The van der Waals surface area contributed by atoms with Crippen molar-refractivity contribution in [2.24, 2.45) is 5.41 Å². The van der Waals surface area contributed by atoms with E-state index in [4.69, 9.17) is 0 Å². The van der Waals surface area contributed by atoms with Crippen molar-refractivity contribution in [2.75, 3.05) is 18.5 Å². The fourth-order valence-corrected chi connectivity index (χ4v) is 2.62. The molecule has 2 heterocycles. The van der Waals surface area contributed by atoms with E-state index in [2.05, 4.69) is 29.1 Å². The minimum atomic E-state index is -0.171. The van der Waals surface area contributed by atoms with E-state index in [9.17, 15) is 4.79 Å². The van der Waals surface area contributed by atoms with Gasteiger partial charge >= 0.3 is 0 Å². The number of rotatable bonds is 2. The van der Waals surface area contributed by atoms with Crippen molar-refractivity contribution < 1.29 is 4.79 Å². The van der Waals surface area contributed by atoms with Crippen LogP contribution in [0.5, 0.6) is 0 Å². The van der Waals surface area contributed by atoms with E-state index in [1.54, 1.807) is 17.2 Å². The molecule has 1 aromatic heterocycles. The van der Waals surface area contributed by atoms with E-state index >= 15 is 0 Å². The molecule has 1 amide bonds. The van der Waals surface area contributed by atoms with Crippen LogP contribution < -0.4 is 10.2 Å². The maximum absolute atomic E-state index is 12.6. The molecular formula is C13H20N4O. The van der Waals surface area contributed by atoms with Crippen molar-refractivity contribution in [2.45, 2.75) is 32.7 Å². The lowest BCUT2D eigenvalue weighted by Crippen LogP contribution is -2.51. The molecular weight excluding hydrogens is 228 g/mol. The number of likely N-dealkylation sites (N-methyl/N-ethyl adjacent to an activating group) is 1. The van der Waals surface area contributed by atoms with Gasteiger partial charge in [-0.2, -0.15) is 0 Å². The summed E-state index contributed by atoms with van der Waals surface area (Å²) in [4.78, 5) is 22.4. The summed E-state index contributed by atoms with van der Waals surface area (Å²) in [6.07, 6.45) is 5.15. The smallest absolute Gasteiger partial charge is 0.245 e. The van der Waals surface area contributed by atoms with Gasteiger partial charge < -0.3 is 5.32 Å². The third-order valence-corrected chi connectivity index (χ3v) is 3.63. The average molecular weight is 248 g/mol. The molecule has 1 aliphatic rings. The molecule has 1 atom stereocenters. The molecule has 0 aliphatic carbocycles. The van der Waals surface area contributed by atoms with Crippen LogP contribution in [0, 0.1) is 5.41 Å². The van der Waals surface area contributed by atoms with Crippen LogP contribution >= 0.6 is 0 Å². The molecule has 1 saturated heterocycles. The Bertz CT molecular complexity index is 418. The molecule has 1 aromatic rings. The summed E-state index contributed by atoms with van der Waals surface area (Å²) in [7, 11) is 1.84. The van der Waals surface area contributed by atoms with Crippen LogP contribution in [0.25, 0.3) is 0 Å². The molecule has 0 radical (unpaired) electrons. The SMILES string of the molecule is CNC1C(=O)N(c2ccncn2)CCCC1(C)C. The number of amides is 1. The van der Waals surface area contributed by atoms with Crippen molar-refractivity contribution in [3.63, 3.8) is 0 Å². The Hall–Kier alpha value is -1.49. The van der Waals surface area contributed by atoms with Crippen LogP contribution in [0.1, 0.15) is 26.7 Å². The van der Waals surface area contributed by atoms with E-state index in [0.29, 0.717) is 5.82 Å². The number of aromatic nitrogens is 2. The third kappa shape index (κ3) is 2.36. The van der Waals surface area contributed by atoms with Crippen molar-refractivity contribution in [1.29, 1.82) is 0 Å². The van der Waals surface area contributed by atoms with E-state index in [0.717, 1.165) is 19.4 Å². The number of carbonyl (C=O) groups excluding carboxylic acids is 1. The molecule has 0 spiro atoms. The first-order chi connectivity index (χ1) is 8.56. The number of hydrogen-bond donors (Lipinski definition) is 1. The molecule has 0 bridgehead atoms. The summed E-state index contributed by atoms with van der Waals surface area (Å²) >= 11 is 0. The van der Waals surface area contributed by atoms with Crippen molar-refractivity contribution in [1.82, 2.24) is 15.3 Å². The van der Waals surface area contributed by atoms with Crippen molar-refractivity contribution in [3.8, 4) is 0 Å². The second-order valence-electron chi connectivity index (χ2n) is 5.37. The first-order valence-electron chi connectivity index (χ1n) is 6.31. The quantitative estimate of drug-likeness (QED) is 0.855. The normalized spacial score (nSPS) is 23.8. The highest BCUT2D eigenvalue weighted by molar-refractivity contribution is 5.97. The Balaban J connectivity index is 2.31. The minimum Gasteiger partial charge on any atom is -0.308 e. The topological polar surface area (TPSA) is 58.1 Å². The number of hydrogen-bond acceptors (Lipinski definition) is 4. The van der Waals surface area contributed by atoms with Gasteiger partial charge in [0.25, 0.3) is 0 Å². The molecule has 5 nitrogen and oxygen atoms in total. The van der Waals surface area contributed by atoms with E-state index in [-0.39, 0.29) is 17.4 Å². The van der Waals surface area contributed by atoms with Gasteiger partial charge in [-0.15, -0.1) is 0 Å².